The lowest BCUT2D eigenvalue weighted by atomic mass is 9.79. The topological polar surface area (TPSA) is 138 Å². The normalized spacial score (nSPS) is 14.6. The number of aromatic nitrogens is 2. The maximum absolute atomic E-state index is 11.5. The van der Waals surface area contributed by atoms with Crippen LogP contribution in [0, 0.1) is 6.92 Å². The van der Waals surface area contributed by atoms with Crippen molar-refractivity contribution < 1.29 is 34.6 Å². The number of rotatable bonds is 5. The molecule has 1 fully saturated rings. The minimum Gasteiger partial charge on any atom is -0.399 e. The van der Waals surface area contributed by atoms with E-state index in [1.165, 1.54) is 18.8 Å². The summed E-state index contributed by atoms with van der Waals surface area (Å²) in [4.78, 5) is 5.13. The molecule has 0 bridgehead atoms. The molecular formula is C38H52BBrN2O8S3. The van der Waals surface area contributed by atoms with E-state index in [0.29, 0.717) is 14.7 Å². The van der Waals surface area contributed by atoms with Gasteiger partial charge in [0.25, 0.3) is 0 Å². The van der Waals surface area contributed by atoms with Crippen molar-refractivity contribution in [3.63, 3.8) is 0 Å². The minimum absolute atomic E-state index is 0. The molecule has 0 saturated carbocycles. The molecule has 6 rings (SSSR count). The van der Waals surface area contributed by atoms with E-state index < -0.39 is 47.8 Å². The first-order chi connectivity index (χ1) is 23.0. The van der Waals surface area contributed by atoms with Crippen molar-refractivity contribution in [3.05, 3.63) is 107 Å². The van der Waals surface area contributed by atoms with Gasteiger partial charge in [-0.15, -0.1) is 0 Å². The van der Waals surface area contributed by atoms with E-state index >= 15 is 0 Å². The summed E-state index contributed by atoms with van der Waals surface area (Å²) in [6.45, 7) is 9.97. The van der Waals surface area contributed by atoms with Crippen LogP contribution in [0.2, 0.25) is 0 Å². The Kier molecular flexibility index (Phi) is 16.1. The molecule has 3 heterocycles. The van der Waals surface area contributed by atoms with Gasteiger partial charge in [0, 0.05) is 23.2 Å². The number of hydrogen-bond acceptors (Lipinski definition) is 9. The highest BCUT2D eigenvalue weighted by atomic mass is 79.9. The Bertz CT molecular complexity index is 2290. The lowest BCUT2D eigenvalue weighted by Gasteiger charge is -2.32. The molecule has 53 heavy (non-hydrogen) atoms. The SMILES string of the molecule is C.C.C.CC1(C)OB(c2ccc(S(C)(=O)=O)cc2)OC1(C)C.CS(=O)(=O)c1ccc(Br)cc1.Cc1cc(-c2ccc(S(C)(=O)=O)cc2)n2cncc2c1. The molecule has 2 aromatic heterocycles. The van der Waals surface area contributed by atoms with E-state index in [2.05, 4.69) is 33.0 Å². The van der Waals surface area contributed by atoms with Crippen LogP contribution in [0.1, 0.15) is 55.5 Å². The van der Waals surface area contributed by atoms with Gasteiger partial charge in [0.2, 0.25) is 0 Å². The molecule has 290 valence electrons. The zero-order valence-electron chi connectivity index (χ0n) is 29.1. The first kappa shape index (κ1) is 47.7. The number of aryl methyl sites for hydroxylation is 1. The minimum atomic E-state index is -3.17. The third kappa shape index (κ3) is 12.1. The number of nitrogens with zero attached hydrogens (tertiary/aromatic N) is 2. The standard InChI is InChI=1S/C15H14N2O2S.C13H19BO4S.C7H7BrO2S.3CH4/c1-11-7-13-9-16-10-17(13)15(8-11)12-3-5-14(6-4-12)20(2,18)19;1-12(2)13(3,4)18-14(17-12)10-6-8-11(9-7-10)19(5,15)16;1-11(9,10)7-4-2-6(8)3-5-7;;;/h3-10H,1-2H3;6-9H,1-5H3;2-5H,1H3;3*1H4. The molecule has 15 heteroatoms. The molecule has 0 amide bonds. The van der Waals surface area contributed by atoms with E-state index in [9.17, 15) is 25.3 Å². The molecule has 0 radical (unpaired) electrons. The number of halogens is 1. The van der Waals surface area contributed by atoms with Crippen molar-refractivity contribution in [1.82, 2.24) is 9.38 Å². The molecule has 1 aliphatic rings. The average Bonchev–Trinajstić information content (AvgIpc) is 3.56. The second kappa shape index (κ2) is 17.9. The van der Waals surface area contributed by atoms with Crippen molar-refractivity contribution in [2.75, 3.05) is 18.8 Å². The highest BCUT2D eigenvalue weighted by Crippen LogP contribution is 2.36. The number of pyridine rings is 1. The van der Waals surface area contributed by atoms with Crippen LogP contribution in [-0.4, -0.2) is 71.7 Å². The van der Waals surface area contributed by atoms with E-state index in [1.54, 1.807) is 73.2 Å². The van der Waals surface area contributed by atoms with Gasteiger partial charge >= 0.3 is 7.12 Å². The second-order valence-electron chi connectivity index (χ2n) is 13.1. The van der Waals surface area contributed by atoms with Gasteiger partial charge in [0.05, 0.1) is 49.6 Å². The lowest BCUT2D eigenvalue weighted by molar-refractivity contribution is 0.00578. The quantitative estimate of drug-likeness (QED) is 0.162. The predicted octanol–water partition coefficient (Wildman–Crippen LogP) is 7.86. The summed E-state index contributed by atoms with van der Waals surface area (Å²) in [5, 5.41) is 0. The Morgan fingerprint density at radius 2 is 1.04 bits per heavy atom. The van der Waals surface area contributed by atoms with Gasteiger partial charge in [-0.2, -0.15) is 0 Å². The molecular weight excluding hydrogens is 799 g/mol. The Morgan fingerprint density at radius 3 is 1.45 bits per heavy atom. The van der Waals surface area contributed by atoms with Crippen LogP contribution in [0.3, 0.4) is 0 Å². The van der Waals surface area contributed by atoms with Crippen molar-refractivity contribution >= 4 is 63.5 Å². The molecule has 1 aliphatic heterocycles. The maximum Gasteiger partial charge on any atom is 0.494 e. The van der Waals surface area contributed by atoms with Crippen molar-refractivity contribution in [2.24, 2.45) is 0 Å². The zero-order chi connectivity index (χ0) is 37.3. The van der Waals surface area contributed by atoms with Crippen LogP contribution in [0.5, 0.6) is 0 Å². The number of sulfone groups is 3. The molecule has 0 aliphatic carbocycles. The average molecular weight is 852 g/mol. The Labute approximate surface area is 326 Å². The highest BCUT2D eigenvalue weighted by Gasteiger charge is 2.51. The lowest BCUT2D eigenvalue weighted by Crippen LogP contribution is -2.41. The van der Waals surface area contributed by atoms with E-state index in [-0.39, 0.29) is 22.3 Å². The third-order valence-corrected chi connectivity index (χ3v) is 12.2. The van der Waals surface area contributed by atoms with Gasteiger partial charge in [-0.05, 0) is 112 Å². The fourth-order valence-electron chi connectivity index (χ4n) is 4.80. The van der Waals surface area contributed by atoms with Gasteiger partial charge < -0.3 is 9.31 Å². The summed E-state index contributed by atoms with van der Waals surface area (Å²) in [5.74, 6) is 0. The maximum atomic E-state index is 11.5. The smallest absolute Gasteiger partial charge is 0.399 e. The Balaban J connectivity index is 0.000000402. The summed E-state index contributed by atoms with van der Waals surface area (Å²) in [5.41, 5.74) is 4.15. The number of hydrogen-bond donors (Lipinski definition) is 0. The predicted molar refractivity (Wildman–Crippen MR) is 221 cm³/mol. The summed E-state index contributed by atoms with van der Waals surface area (Å²) in [6.07, 6.45) is 7.16. The van der Waals surface area contributed by atoms with Gasteiger partial charge in [0.15, 0.2) is 29.5 Å². The molecule has 0 unspecified atom stereocenters. The zero-order valence-corrected chi connectivity index (χ0v) is 33.1. The summed E-state index contributed by atoms with van der Waals surface area (Å²) >= 11 is 3.22. The van der Waals surface area contributed by atoms with Gasteiger partial charge in [0.1, 0.15) is 0 Å². The van der Waals surface area contributed by atoms with Crippen molar-refractivity contribution in [1.29, 1.82) is 0 Å². The highest BCUT2D eigenvalue weighted by molar-refractivity contribution is 9.10. The molecule has 3 aromatic carbocycles. The summed E-state index contributed by atoms with van der Waals surface area (Å²) in [6, 6.07) is 24.2. The second-order valence-corrected chi connectivity index (χ2v) is 20.0. The Hall–Kier alpha value is -3.34. The number of fused-ring (bicyclic) bond motifs is 1. The first-order valence-electron chi connectivity index (χ1n) is 15.3. The third-order valence-electron chi connectivity index (χ3n) is 8.32. The molecule has 0 N–H and O–H groups in total. The van der Waals surface area contributed by atoms with Crippen LogP contribution in [0.4, 0.5) is 0 Å². The van der Waals surface area contributed by atoms with Crippen LogP contribution in [0.25, 0.3) is 16.8 Å². The van der Waals surface area contributed by atoms with E-state index in [4.69, 9.17) is 9.31 Å². The van der Waals surface area contributed by atoms with Gasteiger partial charge in [-0.3, -0.25) is 4.40 Å². The van der Waals surface area contributed by atoms with Crippen LogP contribution in [0.15, 0.2) is 117 Å². The van der Waals surface area contributed by atoms with Crippen LogP contribution >= 0.6 is 15.9 Å². The fourth-order valence-corrected chi connectivity index (χ4v) is 6.96. The molecule has 5 aromatic rings. The monoisotopic (exact) mass is 850 g/mol. The molecule has 10 nitrogen and oxygen atoms in total. The molecule has 0 atom stereocenters. The first-order valence-corrected chi connectivity index (χ1v) is 21.8. The summed E-state index contributed by atoms with van der Waals surface area (Å²) in [7, 11) is -9.83. The molecule has 0 spiro atoms. The van der Waals surface area contributed by atoms with Gasteiger partial charge in [-0.25, -0.2) is 30.2 Å². The summed E-state index contributed by atoms with van der Waals surface area (Å²) < 4.78 is 82.3. The van der Waals surface area contributed by atoms with Gasteiger partial charge in [-0.1, -0.05) is 62.5 Å². The van der Waals surface area contributed by atoms with Crippen LogP contribution < -0.4 is 5.46 Å². The number of benzene rings is 3. The van der Waals surface area contributed by atoms with E-state index in [0.717, 1.165) is 32.3 Å². The fraction of sp³-hybridized carbons (Fsp3) is 0.342. The molecule has 1 saturated heterocycles. The van der Waals surface area contributed by atoms with E-state index in [1.807, 2.05) is 51.2 Å². The van der Waals surface area contributed by atoms with Crippen LogP contribution in [-0.2, 0) is 38.8 Å². The number of imidazole rings is 1. The van der Waals surface area contributed by atoms with Crippen molar-refractivity contribution in [3.8, 4) is 11.3 Å². The van der Waals surface area contributed by atoms with Crippen molar-refractivity contribution in [2.45, 2.75) is 82.8 Å². The largest absolute Gasteiger partial charge is 0.494 e. The Morgan fingerprint density at radius 1 is 0.642 bits per heavy atom.